The van der Waals surface area contributed by atoms with Gasteiger partial charge in [-0.2, -0.15) is 0 Å². The van der Waals surface area contributed by atoms with E-state index in [1.807, 2.05) is 0 Å². The SMILES string of the molecule is CC(C)(C)C(CBr)COc1ccc(F)c(F)c1. The van der Waals surface area contributed by atoms with Gasteiger partial charge in [0.1, 0.15) is 5.75 Å². The Bertz CT molecular complexity index is 374. The van der Waals surface area contributed by atoms with Crippen molar-refractivity contribution in [2.75, 3.05) is 11.9 Å². The summed E-state index contributed by atoms with van der Waals surface area (Å²) < 4.78 is 31.2. The maximum absolute atomic E-state index is 13.0. The van der Waals surface area contributed by atoms with Gasteiger partial charge >= 0.3 is 0 Å². The molecule has 0 aromatic heterocycles. The molecule has 96 valence electrons. The van der Waals surface area contributed by atoms with E-state index in [9.17, 15) is 8.78 Å². The Morgan fingerprint density at radius 1 is 1.24 bits per heavy atom. The smallest absolute Gasteiger partial charge is 0.162 e. The molecule has 1 atom stereocenters. The zero-order valence-electron chi connectivity index (χ0n) is 10.3. The third-order valence-corrected chi connectivity index (χ3v) is 3.53. The molecular weight excluding hydrogens is 290 g/mol. The van der Waals surface area contributed by atoms with Crippen molar-refractivity contribution < 1.29 is 13.5 Å². The fraction of sp³-hybridized carbons (Fsp3) is 0.538. The topological polar surface area (TPSA) is 9.23 Å². The van der Waals surface area contributed by atoms with Crippen LogP contribution in [0.15, 0.2) is 18.2 Å². The first kappa shape index (κ1) is 14.4. The Balaban J connectivity index is 2.63. The first-order chi connectivity index (χ1) is 7.84. The van der Waals surface area contributed by atoms with Gasteiger partial charge in [0.05, 0.1) is 6.61 Å². The van der Waals surface area contributed by atoms with Crippen molar-refractivity contribution in [3.05, 3.63) is 29.8 Å². The molecule has 1 aromatic rings. The number of halogens is 3. The van der Waals surface area contributed by atoms with E-state index in [2.05, 4.69) is 36.7 Å². The van der Waals surface area contributed by atoms with Crippen molar-refractivity contribution in [2.24, 2.45) is 11.3 Å². The Kier molecular flexibility index (Phi) is 4.92. The zero-order chi connectivity index (χ0) is 13.1. The van der Waals surface area contributed by atoms with E-state index < -0.39 is 11.6 Å². The lowest BCUT2D eigenvalue weighted by molar-refractivity contribution is 0.165. The minimum atomic E-state index is -0.881. The summed E-state index contributed by atoms with van der Waals surface area (Å²) in [5.41, 5.74) is 0.0993. The molecule has 0 saturated carbocycles. The quantitative estimate of drug-likeness (QED) is 0.749. The standard InChI is InChI=1S/C13H17BrF2O/c1-13(2,3)9(7-14)8-17-10-4-5-11(15)12(16)6-10/h4-6,9H,7-8H2,1-3H3. The predicted molar refractivity (Wildman–Crippen MR) is 68.6 cm³/mol. The van der Waals surface area contributed by atoms with Crippen LogP contribution in [0.1, 0.15) is 20.8 Å². The second-order valence-electron chi connectivity index (χ2n) is 5.10. The van der Waals surface area contributed by atoms with Crippen molar-refractivity contribution in [2.45, 2.75) is 20.8 Å². The van der Waals surface area contributed by atoms with Crippen molar-refractivity contribution in [3.63, 3.8) is 0 Å². The molecule has 17 heavy (non-hydrogen) atoms. The van der Waals surface area contributed by atoms with Gasteiger partial charge in [-0.15, -0.1) is 0 Å². The fourth-order valence-corrected chi connectivity index (χ4v) is 2.45. The number of rotatable bonds is 4. The van der Waals surface area contributed by atoms with E-state index in [-0.39, 0.29) is 5.41 Å². The highest BCUT2D eigenvalue weighted by molar-refractivity contribution is 9.09. The van der Waals surface area contributed by atoms with Gasteiger partial charge in [-0.1, -0.05) is 36.7 Å². The first-order valence-electron chi connectivity index (χ1n) is 5.48. The second-order valence-corrected chi connectivity index (χ2v) is 5.75. The predicted octanol–water partition coefficient (Wildman–Crippen LogP) is 4.40. The van der Waals surface area contributed by atoms with E-state index in [1.165, 1.54) is 6.07 Å². The van der Waals surface area contributed by atoms with Crippen LogP contribution in [0.25, 0.3) is 0 Å². The molecule has 1 rings (SSSR count). The van der Waals surface area contributed by atoms with Crippen LogP contribution in [-0.4, -0.2) is 11.9 Å². The molecule has 0 amide bonds. The zero-order valence-corrected chi connectivity index (χ0v) is 11.9. The van der Waals surface area contributed by atoms with Crippen LogP contribution in [0, 0.1) is 23.0 Å². The van der Waals surface area contributed by atoms with Gasteiger partial charge in [0.25, 0.3) is 0 Å². The molecule has 1 unspecified atom stereocenters. The van der Waals surface area contributed by atoms with Gasteiger partial charge in [0.15, 0.2) is 11.6 Å². The van der Waals surface area contributed by atoms with Crippen LogP contribution in [0.5, 0.6) is 5.75 Å². The van der Waals surface area contributed by atoms with Gasteiger partial charge in [-0.05, 0) is 17.5 Å². The lowest BCUT2D eigenvalue weighted by atomic mass is 9.83. The minimum Gasteiger partial charge on any atom is -0.493 e. The molecule has 0 radical (unpaired) electrons. The summed E-state index contributed by atoms with van der Waals surface area (Å²) in [6.07, 6.45) is 0. The van der Waals surface area contributed by atoms with Gasteiger partial charge in [-0.25, -0.2) is 8.78 Å². The maximum atomic E-state index is 13.0. The summed E-state index contributed by atoms with van der Waals surface area (Å²) in [6.45, 7) is 6.83. The monoisotopic (exact) mass is 306 g/mol. The van der Waals surface area contributed by atoms with Crippen LogP contribution in [0.3, 0.4) is 0 Å². The Labute approximate surface area is 109 Å². The van der Waals surface area contributed by atoms with Gasteiger partial charge in [-0.3, -0.25) is 0 Å². The fourth-order valence-electron chi connectivity index (χ4n) is 1.29. The Hall–Kier alpha value is -0.640. The number of hydrogen-bond acceptors (Lipinski definition) is 1. The molecule has 0 aliphatic rings. The number of hydrogen-bond donors (Lipinski definition) is 0. The third kappa shape index (κ3) is 4.26. The second kappa shape index (κ2) is 5.80. The molecule has 0 aliphatic heterocycles. The van der Waals surface area contributed by atoms with Crippen molar-refractivity contribution >= 4 is 15.9 Å². The third-order valence-electron chi connectivity index (χ3n) is 2.75. The van der Waals surface area contributed by atoms with Crippen LogP contribution in [0.4, 0.5) is 8.78 Å². The summed E-state index contributed by atoms with van der Waals surface area (Å²) in [5, 5.41) is 0.806. The summed E-state index contributed by atoms with van der Waals surface area (Å²) in [5.74, 6) is -1.08. The molecular formula is C13H17BrF2O. The van der Waals surface area contributed by atoms with Crippen molar-refractivity contribution in [3.8, 4) is 5.75 Å². The molecule has 0 bridgehead atoms. The molecule has 0 fully saturated rings. The average Bonchev–Trinajstić information content (AvgIpc) is 2.22. The normalized spacial score (nSPS) is 13.5. The molecule has 1 aromatic carbocycles. The summed E-state index contributed by atoms with van der Waals surface area (Å²) in [6, 6.07) is 3.58. The highest BCUT2D eigenvalue weighted by atomic mass is 79.9. The Morgan fingerprint density at radius 2 is 1.88 bits per heavy atom. The van der Waals surface area contributed by atoms with E-state index in [4.69, 9.17) is 4.74 Å². The van der Waals surface area contributed by atoms with Crippen LogP contribution in [0.2, 0.25) is 0 Å². The maximum Gasteiger partial charge on any atom is 0.162 e. The number of alkyl halides is 1. The Morgan fingerprint density at radius 3 is 2.35 bits per heavy atom. The minimum absolute atomic E-state index is 0.0993. The molecule has 0 heterocycles. The van der Waals surface area contributed by atoms with Gasteiger partial charge < -0.3 is 4.74 Å². The van der Waals surface area contributed by atoms with Crippen molar-refractivity contribution in [1.29, 1.82) is 0 Å². The summed E-state index contributed by atoms with van der Waals surface area (Å²) >= 11 is 3.44. The largest absolute Gasteiger partial charge is 0.493 e. The number of ether oxygens (including phenoxy) is 1. The van der Waals surface area contributed by atoms with Crippen molar-refractivity contribution in [1.82, 2.24) is 0 Å². The van der Waals surface area contributed by atoms with E-state index >= 15 is 0 Å². The molecule has 0 spiro atoms. The highest BCUT2D eigenvalue weighted by Gasteiger charge is 2.24. The molecule has 4 heteroatoms. The summed E-state index contributed by atoms with van der Waals surface area (Å²) in [4.78, 5) is 0. The van der Waals surface area contributed by atoms with Crippen LogP contribution in [-0.2, 0) is 0 Å². The molecule has 0 aliphatic carbocycles. The van der Waals surface area contributed by atoms with E-state index in [1.54, 1.807) is 0 Å². The first-order valence-corrected chi connectivity index (χ1v) is 6.60. The van der Waals surface area contributed by atoms with Gasteiger partial charge in [0.2, 0.25) is 0 Å². The average molecular weight is 307 g/mol. The highest BCUT2D eigenvalue weighted by Crippen LogP contribution is 2.28. The van der Waals surface area contributed by atoms with Crippen LogP contribution < -0.4 is 4.74 Å². The lowest BCUT2D eigenvalue weighted by Gasteiger charge is -2.28. The summed E-state index contributed by atoms with van der Waals surface area (Å²) in [7, 11) is 0. The van der Waals surface area contributed by atoms with Gasteiger partial charge in [0, 0.05) is 17.3 Å². The van der Waals surface area contributed by atoms with Crippen LogP contribution >= 0.6 is 15.9 Å². The molecule has 1 nitrogen and oxygen atoms in total. The molecule has 0 saturated heterocycles. The lowest BCUT2D eigenvalue weighted by Crippen LogP contribution is -2.27. The number of benzene rings is 1. The van der Waals surface area contributed by atoms with E-state index in [0.717, 1.165) is 17.5 Å². The molecule has 0 N–H and O–H groups in total. The van der Waals surface area contributed by atoms with E-state index in [0.29, 0.717) is 18.3 Å².